The summed E-state index contributed by atoms with van der Waals surface area (Å²) in [5, 5.41) is 2.43. The summed E-state index contributed by atoms with van der Waals surface area (Å²) in [4.78, 5) is 25.0. The van der Waals surface area contributed by atoms with E-state index in [1.807, 2.05) is 85.2 Å². The largest absolute Gasteiger partial charge is 0.308 e. The van der Waals surface area contributed by atoms with E-state index in [2.05, 4.69) is 114 Å². The zero-order chi connectivity index (χ0) is 36.6. The van der Waals surface area contributed by atoms with Gasteiger partial charge in [-0.15, -0.1) is 0 Å². The molecule has 0 saturated heterocycles. The van der Waals surface area contributed by atoms with Crippen molar-refractivity contribution in [1.29, 1.82) is 0 Å². The Balaban J connectivity index is 1.04. The van der Waals surface area contributed by atoms with Crippen molar-refractivity contribution in [2.45, 2.75) is 0 Å². The molecule has 5 aromatic carbocycles. The molecule has 5 heterocycles. The molecular formula is C49H32N6. The standard InChI is InChI=1S/C49H32N6/c1-4-14-33(15-5-1)37-28-45(52-46(29-37)42-27-25-38(32-51-42)55-47-22-12-10-20-39(47)40-21-11-13-23-48(40)55)41-26-24-36(31-50-41)49-53-43(34-16-6-2-7-17-34)30-44(54-49)35-18-8-3-9-19-35/h1-32H. The van der Waals surface area contributed by atoms with Gasteiger partial charge < -0.3 is 4.57 Å². The molecule has 0 aliphatic carbocycles. The second-order valence-electron chi connectivity index (χ2n) is 13.4. The number of aromatic nitrogens is 6. The highest BCUT2D eigenvalue weighted by Gasteiger charge is 2.16. The molecule has 5 aromatic heterocycles. The van der Waals surface area contributed by atoms with Crippen molar-refractivity contribution in [2.24, 2.45) is 0 Å². The predicted octanol–water partition coefficient (Wildman–Crippen LogP) is 11.8. The van der Waals surface area contributed by atoms with Crippen LogP contribution in [0.15, 0.2) is 194 Å². The van der Waals surface area contributed by atoms with Crippen LogP contribution in [0.2, 0.25) is 0 Å². The van der Waals surface area contributed by atoms with Gasteiger partial charge in [0.1, 0.15) is 0 Å². The molecule has 0 radical (unpaired) electrons. The summed E-state index contributed by atoms with van der Waals surface area (Å²) >= 11 is 0. The van der Waals surface area contributed by atoms with Crippen LogP contribution < -0.4 is 0 Å². The average molecular weight is 705 g/mol. The number of benzene rings is 5. The number of fused-ring (bicyclic) bond motifs is 3. The Kier molecular flexibility index (Phi) is 8.04. The molecule has 258 valence electrons. The van der Waals surface area contributed by atoms with Crippen molar-refractivity contribution in [1.82, 2.24) is 29.5 Å². The van der Waals surface area contributed by atoms with Gasteiger partial charge in [0.05, 0.1) is 57.1 Å². The van der Waals surface area contributed by atoms with Gasteiger partial charge in [0.2, 0.25) is 0 Å². The van der Waals surface area contributed by atoms with Crippen molar-refractivity contribution in [3.63, 3.8) is 0 Å². The SMILES string of the molecule is c1ccc(-c2cc(-c3ccc(-c4nc(-c5ccccc5)cc(-c5ccccc5)n4)cn3)nc(-c3ccc(-n4c5ccccc5c5ccccc54)cn3)c2)cc1. The topological polar surface area (TPSA) is 69.4 Å². The molecule has 0 N–H and O–H groups in total. The molecule has 6 nitrogen and oxygen atoms in total. The van der Waals surface area contributed by atoms with E-state index in [9.17, 15) is 0 Å². The molecule has 0 aliphatic heterocycles. The highest BCUT2D eigenvalue weighted by Crippen LogP contribution is 2.34. The number of nitrogens with zero attached hydrogens (tertiary/aromatic N) is 6. The van der Waals surface area contributed by atoms with E-state index < -0.39 is 0 Å². The lowest BCUT2D eigenvalue weighted by molar-refractivity contribution is 1.13. The third kappa shape index (κ3) is 6.11. The van der Waals surface area contributed by atoms with Crippen molar-refractivity contribution in [3.8, 4) is 73.5 Å². The van der Waals surface area contributed by atoms with Crippen molar-refractivity contribution in [3.05, 3.63) is 194 Å². The fraction of sp³-hybridized carbons (Fsp3) is 0. The lowest BCUT2D eigenvalue weighted by atomic mass is 10.0. The Bertz CT molecular complexity index is 2830. The van der Waals surface area contributed by atoms with Gasteiger partial charge in [-0.1, -0.05) is 127 Å². The van der Waals surface area contributed by atoms with Crippen LogP contribution in [-0.4, -0.2) is 29.5 Å². The van der Waals surface area contributed by atoms with Gasteiger partial charge in [-0.3, -0.25) is 9.97 Å². The van der Waals surface area contributed by atoms with Gasteiger partial charge in [0.25, 0.3) is 0 Å². The van der Waals surface area contributed by atoms with E-state index in [1.165, 1.54) is 10.8 Å². The first kappa shape index (κ1) is 32.1. The summed E-state index contributed by atoms with van der Waals surface area (Å²) in [6.07, 6.45) is 3.77. The molecule has 0 saturated carbocycles. The second kappa shape index (κ2) is 13.8. The minimum atomic E-state index is 0.610. The van der Waals surface area contributed by atoms with Crippen LogP contribution in [0.25, 0.3) is 95.3 Å². The molecule has 0 unspecified atom stereocenters. The van der Waals surface area contributed by atoms with Crippen LogP contribution in [0.1, 0.15) is 0 Å². The van der Waals surface area contributed by atoms with Gasteiger partial charge in [-0.25, -0.2) is 15.0 Å². The molecular weight excluding hydrogens is 673 g/mol. The molecule has 0 aliphatic rings. The highest BCUT2D eigenvalue weighted by atomic mass is 15.0. The van der Waals surface area contributed by atoms with Crippen molar-refractivity contribution < 1.29 is 0 Å². The van der Waals surface area contributed by atoms with E-state index in [4.69, 9.17) is 24.9 Å². The molecule has 55 heavy (non-hydrogen) atoms. The summed E-state index contributed by atoms with van der Waals surface area (Å²) in [6.45, 7) is 0. The van der Waals surface area contributed by atoms with E-state index >= 15 is 0 Å². The summed E-state index contributed by atoms with van der Waals surface area (Å²) < 4.78 is 2.27. The van der Waals surface area contributed by atoms with Crippen LogP contribution >= 0.6 is 0 Å². The van der Waals surface area contributed by atoms with Gasteiger partial charge >= 0.3 is 0 Å². The molecule has 0 spiro atoms. The second-order valence-corrected chi connectivity index (χ2v) is 13.4. The molecule has 10 rings (SSSR count). The number of hydrogen-bond donors (Lipinski definition) is 0. The quantitative estimate of drug-likeness (QED) is 0.165. The summed E-state index contributed by atoms with van der Waals surface area (Å²) in [5.74, 6) is 0.610. The molecule has 10 aromatic rings. The molecule has 0 bridgehead atoms. The Morgan fingerprint density at radius 2 is 0.800 bits per heavy atom. The Morgan fingerprint density at radius 3 is 1.31 bits per heavy atom. The lowest BCUT2D eigenvalue weighted by Gasteiger charge is -2.12. The number of pyridine rings is 3. The monoisotopic (exact) mass is 704 g/mol. The van der Waals surface area contributed by atoms with E-state index in [0.29, 0.717) is 5.82 Å². The Labute approximate surface area is 318 Å². The van der Waals surface area contributed by atoms with Gasteiger partial charge in [0.15, 0.2) is 5.82 Å². The zero-order valence-corrected chi connectivity index (χ0v) is 29.7. The fourth-order valence-electron chi connectivity index (χ4n) is 7.23. The van der Waals surface area contributed by atoms with Gasteiger partial charge in [0, 0.05) is 33.7 Å². The Hall–Kier alpha value is -7.57. The first-order valence-electron chi connectivity index (χ1n) is 18.2. The third-order valence-electron chi connectivity index (χ3n) is 9.93. The minimum Gasteiger partial charge on any atom is -0.308 e. The molecule has 0 atom stereocenters. The van der Waals surface area contributed by atoms with Crippen molar-refractivity contribution >= 4 is 21.8 Å². The van der Waals surface area contributed by atoms with E-state index in [1.54, 1.807) is 0 Å². The molecule has 6 heteroatoms. The maximum absolute atomic E-state index is 5.14. The predicted molar refractivity (Wildman–Crippen MR) is 222 cm³/mol. The van der Waals surface area contributed by atoms with Crippen LogP contribution in [0, 0.1) is 0 Å². The summed E-state index contributed by atoms with van der Waals surface area (Å²) in [7, 11) is 0. The zero-order valence-electron chi connectivity index (χ0n) is 29.7. The van der Waals surface area contributed by atoms with Crippen LogP contribution in [-0.2, 0) is 0 Å². The van der Waals surface area contributed by atoms with E-state index in [0.717, 1.165) is 78.7 Å². The third-order valence-corrected chi connectivity index (χ3v) is 9.93. The van der Waals surface area contributed by atoms with Gasteiger partial charge in [-0.2, -0.15) is 0 Å². The molecule has 0 fully saturated rings. The van der Waals surface area contributed by atoms with Crippen LogP contribution in [0.5, 0.6) is 0 Å². The fourth-order valence-corrected chi connectivity index (χ4v) is 7.23. The van der Waals surface area contributed by atoms with Crippen LogP contribution in [0.4, 0.5) is 0 Å². The Morgan fingerprint density at radius 1 is 0.309 bits per heavy atom. The normalized spacial score (nSPS) is 11.3. The van der Waals surface area contributed by atoms with Crippen LogP contribution in [0.3, 0.4) is 0 Å². The maximum Gasteiger partial charge on any atom is 0.161 e. The van der Waals surface area contributed by atoms with Crippen molar-refractivity contribution in [2.75, 3.05) is 0 Å². The maximum atomic E-state index is 5.14. The van der Waals surface area contributed by atoms with Gasteiger partial charge in [-0.05, 0) is 65.7 Å². The number of para-hydroxylation sites is 2. The first-order chi connectivity index (χ1) is 27.2. The highest BCUT2D eigenvalue weighted by molar-refractivity contribution is 6.09. The lowest BCUT2D eigenvalue weighted by Crippen LogP contribution is -1.98. The average Bonchev–Trinajstić information content (AvgIpc) is 3.61. The summed E-state index contributed by atoms with van der Waals surface area (Å²) in [6, 6.07) is 62.2. The van der Waals surface area contributed by atoms with E-state index in [-0.39, 0.29) is 0 Å². The molecule has 0 amide bonds. The summed E-state index contributed by atoms with van der Waals surface area (Å²) in [5.41, 5.74) is 13.0. The first-order valence-corrected chi connectivity index (χ1v) is 18.2. The number of hydrogen-bond acceptors (Lipinski definition) is 5. The smallest absolute Gasteiger partial charge is 0.161 e. The number of rotatable bonds is 7. The minimum absolute atomic E-state index is 0.610.